The van der Waals surface area contributed by atoms with Crippen LogP contribution in [0.4, 0.5) is 5.13 Å². The third-order valence-electron chi connectivity index (χ3n) is 4.76. The highest BCUT2D eigenvalue weighted by molar-refractivity contribution is 7.15. The number of anilines is 1. The zero-order valence-corrected chi connectivity index (χ0v) is 15.3. The number of thiazole rings is 1. The van der Waals surface area contributed by atoms with Crippen LogP contribution in [0.1, 0.15) is 40.0 Å². The minimum Gasteiger partial charge on any atom is -0.497 e. The Morgan fingerprint density at radius 3 is 3.08 bits per heavy atom. The van der Waals surface area contributed by atoms with Crippen LogP contribution in [0.5, 0.6) is 5.75 Å². The maximum Gasteiger partial charge on any atom is 0.293 e. The van der Waals surface area contributed by atoms with E-state index in [-0.39, 0.29) is 5.91 Å². The molecule has 2 aromatic heterocycles. The fraction of sp³-hybridized carbons (Fsp3) is 0.368. The lowest BCUT2D eigenvalue weighted by Gasteiger charge is -2.15. The highest BCUT2D eigenvalue weighted by Gasteiger charge is 2.23. The van der Waals surface area contributed by atoms with Gasteiger partial charge in [-0.25, -0.2) is 4.98 Å². The SMILES string of the molecule is COc1ccc2oc(C(=O)Nc3nc4c(s3)C[C@H](C)CC4)c(C)c2c1. The van der Waals surface area contributed by atoms with Gasteiger partial charge in [0.2, 0.25) is 0 Å². The van der Waals surface area contributed by atoms with Crippen molar-refractivity contribution in [2.45, 2.75) is 33.1 Å². The maximum atomic E-state index is 12.7. The molecular formula is C19H20N2O3S. The molecule has 1 aromatic carbocycles. The summed E-state index contributed by atoms with van der Waals surface area (Å²) < 4.78 is 11.0. The first kappa shape index (κ1) is 16.1. The Bertz CT molecular complexity index is 957. The van der Waals surface area contributed by atoms with E-state index in [1.165, 1.54) is 4.88 Å². The molecule has 130 valence electrons. The Kier molecular flexibility index (Phi) is 4.00. The third-order valence-corrected chi connectivity index (χ3v) is 5.79. The fourth-order valence-electron chi connectivity index (χ4n) is 3.29. The summed E-state index contributed by atoms with van der Waals surface area (Å²) in [6, 6.07) is 5.53. The van der Waals surface area contributed by atoms with Gasteiger partial charge in [0.1, 0.15) is 11.3 Å². The number of aromatic nitrogens is 1. The smallest absolute Gasteiger partial charge is 0.293 e. The van der Waals surface area contributed by atoms with Crippen molar-refractivity contribution in [1.82, 2.24) is 4.98 Å². The van der Waals surface area contributed by atoms with Gasteiger partial charge in [-0.3, -0.25) is 10.1 Å². The number of carbonyl (C=O) groups excluding carboxylic acids is 1. The Morgan fingerprint density at radius 1 is 1.44 bits per heavy atom. The molecule has 1 atom stereocenters. The second-order valence-electron chi connectivity index (χ2n) is 6.61. The molecule has 1 N–H and O–H groups in total. The molecule has 1 aliphatic rings. The van der Waals surface area contributed by atoms with Crippen LogP contribution in [-0.4, -0.2) is 18.0 Å². The number of nitrogens with zero attached hydrogens (tertiary/aromatic N) is 1. The molecule has 1 aliphatic carbocycles. The molecule has 0 fully saturated rings. The summed E-state index contributed by atoms with van der Waals surface area (Å²) in [7, 11) is 1.62. The Hall–Kier alpha value is -2.34. The van der Waals surface area contributed by atoms with Crippen molar-refractivity contribution in [3.63, 3.8) is 0 Å². The van der Waals surface area contributed by atoms with E-state index in [2.05, 4.69) is 17.2 Å². The predicted molar refractivity (Wildman–Crippen MR) is 98.8 cm³/mol. The number of hydrogen-bond donors (Lipinski definition) is 1. The van der Waals surface area contributed by atoms with Crippen molar-refractivity contribution in [3.8, 4) is 5.75 Å². The van der Waals surface area contributed by atoms with E-state index in [4.69, 9.17) is 9.15 Å². The quantitative estimate of drug-likeness (QED) is 0.746. The van der Waals surface area contributed by atoms with E-state index in [1.54, 1.807) is 18.4 Å². The van der Waals surface area contributed by atoms with Gasteiger partial charge < -0.3 is 9.15 Å². The van der Waals surface area contributed by atoms with Crippen LogP contribution in [-0.2, 0) is 12.8 Å². The van der Waals surface area contributed by atoms with Crippen LogP contribution in [0, 0.1) is 12.8 Å². The number of nitrogens with one attached hydrogen (secondary N) is 1. The number of fused-ring (bicyclic) bond motifs is 2. The van der Waals surface area contributed by atoms with E-state index in [1.807, 2.05) is 25.1 Å². The van der Waals surface area contributed by atoms with E-state index >= 15 is 0 Å². The number of methoxy groups -OCH3 is 1. The molecule has 0 aliphatic heterocycles. The molecule has 0 spiro atoms. The van der Waals surface area contributed by atoms with Gasteiger partial charge >= 0.3 is 0 Å². The molecule has 5 nitrogen and oxygen atoms in total. The van der Waals surface area contributed by atoms with Crippen LogP contribution < -0.4 is 10.1 Å². The molecule has 3 aromatic rings. The average molecular weight is 356 g/mol. The van der Waals surface area contributed by atoms with E-state index in [0.717, 1.165) is 41.7 Å². The second-order valence-corrected chi connectivity index (χ2v) is 7.69. The van der Waals surface area contributed by atoms with Crippen molar-refractivity contribution in [3.05, 3.63) is 40.1 Å². The molecule has 0 unspecified atom stereocenters. The molecule has 0 saturated carbocycles. The molecule has 0 saturated heterocycles. The van der Waals surface area contributed by atoms with Crippen LogP contribution in [0.2, 0.25) is 0 Å². The second kappa shape index (κ2) is 6.19. The van der Waals surface area contributed by atoms with Gasteiger partial charge in [-0.05, 0) is 50.3 Å². The lowest BCUT2D eigenvalue weighted by molar-refractivity contribution is 0.0998. The summed E-state index contributed by atoms with van der Waals surface area (Å²) in [5.74, 6) is 1.49. The largest absolute Gasteiger partial charge is 0.497 e. The molecule has 0 bridgehead atoms. The summed E-state index contributed by atoms with van der Waals surface area (Å²) >= 11 is 1.58. The molecule has 0 radical (unpaired) electrons. The van der Waals surface area contributed by atoms with Crippen molar-refractivity contribution in [1.29, 1.82) is 0 Å². The summed E-state index contributed by atoms with van der Waals surface area (Å²) in [5, 5.41) is 4.44. The molecular weight excluding hydrogens is 336 g/mol. The van der Waals surface area contributed by atoms with Gasteiger partial charge in [0.25, 0.3) is 5.91 Å². The molecule has 2 heterocycles. The Balaban J connectivity index is 1.61. The monoisotopic (exact) mass is 356 g/mol. The Morgan fingerprint density at radius 2 is 2.28 bits per heavy atom. The summed E-state index contributed by atoms with van der Waals surface area (Å²) in [6.07, 6.45) is 3.20. The van der Waals surface area contributed by atoms with Crippen LogP contribution >= 0.6 is 11.3 Å². The lowest BCUT2D eigenvalue weighted by Crippen LogP contribution is -2.12. The van der Waals surface area contributed by atoms with Gasteiger partial charge in [0.15, 0.2) is 10.9 Å². The van der Waals surface area contributed by atoms with E-state index < -0.39 is 0 Å². The van der Waals surface area contributed by atoms with Gasteiger partial charge in [-0.15, -0.1) is 11.3 Å². The number of furan rings is 1. The van der Waals surface area contributed by atoms with Crippen LogP contribution in [0.25, 0.3) is 11.0 Å². The van der Waals surface area contributed by atoms with Gasteiger partial charge in [0, 0.05) is 15.8 Å². The summed E-state index contributed by atoms with van der Waals surface area (Å²) in [6.45, 7) is 4.14. The van der Waals surface area contributed by atoms with Crippen molar-refractivity contribution >= 4 is 33.3 Å². The van der Waals surface area contributed by atoms with Crippen molar-refractivity contribution in [2.24, 2.45) is 5.92 Å². The summed E-state index contributed by atoms with van der Waals surface area (Å²) in [4.78, 5) is 18.5. The topological polar surface area (TPSA) is 64.4 Å². The number of carbonyl (C=O) groups is 1. The lowest BCUT2D eigenvalue weighted by atomic mass is 9.93. The Labute approximate surface area is 150 Å². The predicted octanol–water partition coefficient (Wildman–Crippen LogP) is 4.58. The fourth-order valence-corrected chi connectivity index (χ4v) is 4.46. The van der Waals surface area contributed by atoms with Crippen molar-refractivity contribution in [2.75, 3.05) is 12.4 Å². The van der Waals surface area contributed by atoms with Crippen LogP contribution in [0.15, 0.2) is 22.6 Å². The minimum absolute atomic E-state index is 0.258. The number of amides is 1. The van der Waals surface area contributed by atoms with Gasteiger partial charge in [0.05, 0.1) is 12.8 Å². The minimum atomic E-state index is -0.258. The molecule has 25 heavy (non-hydrogen) atoms. The van der Waals surface area contributed by atoms with Gasteiger partial charge in [-0.1, -0.05) is 6.92 Å². The van der Waals surface area contributed by atoms with Crippen LogP contribution in [0.3, 0.4) is 0 Å². The first-order valence-corrected chi connectivity index (χ1v) is 9.24. The number of aryl methyl sites for hydroxylation is 2. The average Bonchev–Trinajstić information content (AvgIpc) is 3.14. The number of ether oxygens (including phenoxy) is 1. The third kappa shape index (κ3) is 2.91. The highest BCUT2D eigenvalue weighted by Crippen LogP contribution is 2.33. The number of hydrogen-bond acceptors (Lipinski definition) is 5. The summed E-state index contributed by atoms with van der Waals surface area (Å²) in [5.41, 5.74) is 2.61. The zero-order valence-electron chi connectivity index (χ0n) is 14.5. The number of rotatable bonds is 3. The highest BCUT2D eigenvalue weighted by atomic mass is 32.1. The maximum absolute atomic E-state index is 12.7. The van der Waals surface area contributed by atoms with Crippen molar-refractivity contribution < 1.29 is 13.9 Å². The zero-order chi connectivity index (χ0) is 17.6. The molecule has 4 rings (SSSR count). The van der Waals surface area contributed by atoms with E-state index in [0.29, 0.717) is 22.4 Å². The first-order valence-electron chi connectivity index (χ1n) is 8.42. The molecule has 1 amide bonds. The van der Waals surface area contributed by atoms with E-state index in [9.17, 15) is 4.79 Å². The standard InChI is InChI=1S/C19H20N2O3S/c1-10-4-6-14-16(8-10)25-19(20-14)21-18(22)17-11(2)13-9-12(23-3)5-7-15(13)24-17/h5,7,9-10H,4,6,8H2,1-3H3,(H,20,21,22)/t10-/m1/s1. The number of benzene rings is 1. The molecule has 6 heteroatoms. The first-order chi connectivity index (χ1) is 12.0. The van der Waals surface area contributed by atoms with Gasteiger partial charge in [-0.2, -0.15) is 0 Å². The normalized spacial score (nSPS) is 16.7.